The van der Waals surface area contributed by atoms with Gasteiger partial charge in [-0.15, -0.1) is 0 Å². The van der Waals surface area contributed by atoms with Crippen molar-refractivity contribution < 1.29 is 8.78 Å². The zero-order valence-electron chi connectivity index (χ0n) is 10.1. The first-order valence-corrected chi connectivity index (χ1v) is 5.83. The maximum Gasteiger partial charge on any atom is 0.159 e. The topological polar surface area (TPSA) is 43.8 Å². The van der Waals surface area contributed by atoms with Crippen LogP contribution in [0.1, 0.15) is 24.2 Å². The summed E-state index contributed by atoms with van der Waals surface area (Å²) in [6.07, 6.45) is 2.13. The molecule has 0 bridgehead atoms. The Morgan fingerprint density at radius 2 is 2.06 bits per heavy atom. The molecule has 0 fully saturated rings. The molecule has 18 heavy (non-hydrogen) atoms. The van der Waals surface area contributed by atoms with E-state index in [1.165, 1.54) is 6.07 Å². The smallest absolute Gasteiger partial charge is 0.159 e. The van der Waals surface area contributed by atoms with Crippen molar-refractivity contribution in [2.75, 3.05) is 0 Å². The molecule has 0 radical (unpaired) electrons. The van der Waals surface area contributed by atoms with Gasteiger partial charge in [0, 0.05) is 12.7 Å². The van der Waals surface area contributed by atoms with Gasteiger partial charge in [-0.05, 0) is 37.1 Å². The number of halogens is 2. The van der Waals surface area contributed by atoms with Crippen LogP contribution in [-0.2, 0) is 13.0 Å². The summed E-state index contributed by atoms with van der Waals surface area (Å²) in [7, 11) is 0. The summed E-state index contributed by atoms with van der Waals surface area (Å²) in [6, 6.07) is 5.41. The van der Waals surface area contributed by atoms with Gasteiger partial charge in [0.25, 0.3) is 0 Å². The number of nitrogens with zero attached hydrogens (tertiary/aromatic N) is 2. The largest absolute Gasteiger partial charge is 0.322 e. The summed E-state index contributed by atoms with van der Waals surface area (Å²) >= 11 is 0. The van der Waals surface area contributed by atoms with Crippen LogP contribution in [0.5, 0.6) is 0 Å². The fourth-order valence-corrected chi connectivity index (χ4v) is 1.95. The van der Waals surface area contributed by atoms with Crippen molar-refractivity contribution in [3.63, 3.8) is 0 Å². The normalized spacial score (nSPS) is 12.7. The molecule has 1 heterocycles. The fraction of sp³-hybridized carbons (Fsp3) is 0.308. The van der Waals surface area contributed by atoms with Crippen LogP contribution in [0.4, 0.5) is 8.78 Å². The van der Waals surface area contributed by atoms with Gasteiger partial charge in [0.1, 0.15) is 0 Å². The van der Waals surface area contributed by atoms with E-state index in [0.717, 1.165) is 18.3 Å². The zero-order valence-corrected chi connectivity index (χ0v) is 10.1. The van der Waals surface area contributed by atoms with Crippen LogP contribution in [0.25, 0.3) is 0 Å². The van der Waals surface area contributed by atoms with Crippen LogP contribution in [0.2, 0.25) is 0 Å². The van der Waals surface area contributed by atoms with Crippen molar-refractivity contribution in [3.05, 3.63) is 53.4 Å². The van der Waals surface area contributed by atoms with Crippen molar-refractivity contribution in [2.45, 2.75) is 25.9 Å². The lowest BCUT2D eigenvalue weighted by Gasteiger charge is -2.13. The quantitative estimate of drug-likeness (QED) is 0.907. The number of aromatic nitrogens is 2. The SMILES string of the molecule is CCn1nccc1C(N)Cc1ccc(F)c(F)c1. The molecule has 3 nitrogen and oxygen atoms in total. The average molecular weight is 251 g/mol. The monoisotopic (exact) mass is 251 g/mol. The first kappa shape index (κ1) is 12.7. The number of aryl methyl sites for hydroxylation is 1. The Morgan fingerprint density at radius 1 is 1.28 bits per heavy atom. The maximum absolute atomic E-state index is 13.1. The second kappa shape index (κ2) is 5.27. The fourth-order valence-electron chi connectivity index (χ4n) is 1.95. The van der Waals surface area contributed by atoms with Crippen LogP contribution in [0, 0.1) is 11.6 Å². The van der Waals surface area contributed by atoms with E-state index in [4.69, 9.17) is 5.73 Å². The molecular formula is C13H15F2N3. The molecule has 0 spiro atoms. The van der Waals surface area contributed by atoms with Gasteiger partial charge in [-0.3, -0.25) is 4.68 Å². The van der Waals surface area contributed by atoms with Gasteiger partial charge >= 0.3 is 0 Å². The Morgan fingerprint density at radius 3 is 2.72 bits per heavy atom. The predicted octanol–water partition coefficient (Wildman–Crippen LogP) is 2.42. The van der Waals surface area contributed by atoms with E-state index in [0.29, 0.717) is 12.0 Å². The molecular weight excluding hydrogens is 236 g/mol. The first-order chi connectivity index (χ1) is 8.61. The number of nitrogens with two attached hydrogens (primary N) is 1. The van der Waals surface area contributed by atoms with Crippen molar-refractivity contribution in [3.8, 4) is 0 Å². The third kappa shape index (κ3) is 2.56. The van der Waals surface area contributed by atoms with Gasteiger partial charge < -0.3 is 5.73 Å². The standard InChI is InChI=1S/C13H15F2N3/c1-2-18-13(5-6-17-18)12(16)8-9-3-4-10(14)11(15)7-9/h3-7,12H,2,8,16H2,1H3. The summed E-state index contributed by atoms with van der Waals surface area (Å²) < 4.78 is 27.7. The van der Waals surface area contributed by atoms with Gasteiger partial charge in [0.2, 0.25) is 0 Å². The molecule has 5 heteroatoms. The van der Waals surface area contributed by atoms with Gasteiger partial charge in [0.15, 0.2) is 11.6 Å². The van der Waals surface area contributed by atoms with Gasteiger partial charge in [-0.2, -0.15) is 5.10 Å². The number of hydrogen-bond acceptors (Lipinski definition) is 2. The highest BCUT2D eigenvalue weighted by Gasteiger charge is 2.13. The molecule has 2 rings (SSSR count). The van der Waals surface area contributed by atoms with E-state index < -0.39 is 11.6 Å². The van der Waals surface area contributed by atoms with Crippen LogP contribution in [0.3, 0.4) is 0 Å². The first-order valence-electron chi connectivity index (χ1n) is 5.83. The Kier molecular flexibility index (Phi) is 3.72. The van der Waals surface area contributed by atoms with E-state index in [1.807, 2.05) is 13.0 Å². The molecule has 1 aromatic heterocycles. The Labute approximate surface area is 104 Å². The van der Waals surface area contributed by atoms with E-state index in [2.05, 4.69) is 5.10 Å². The minimum atomic E-state index is -0.844. The van der Waals surface area contributed by atoms with Crippen molar-refractivity contribution in [1.82, 2.24) is 9.78 Å². The molecule has 2 N–H and O–H groups in total. The summed E-state index contributed by atoms with van der Waals surface area (Å²) in [4.78, 5) is 0. The predicted molar refractivity (Wildman–Crippen MR) is 64.9 cm³/mol. The molecule has 2 aromatic rings. The van der Waals surface area contributed by atoms with Crippen LogP contribution < -0.4 is 5.73 Å². The van der Waals surface area contributed by atoms with Crippen molar-refractivity contribution in [1.29, 1.82) is 0 Å². The lowest BCUT2D eigenvalue weighted by molar-refractivity contribution is 0.505. The third-order valence-corrected chi connectivity index (χ3v) is 2.87. The molecule has 1 atom stereocenters. The lowest BCUT2D eigenvalue weighted by Crippen LogP contribution is -2.18. The second-order valence-electron chi connectivity index (χ2n) is 4.13. The Hall–Kier alpha value is -1.75. The molecule has 0 saturated heterocycles. The number of rotatable bonds is 4. The van der Waals surface area contributed by atoms with E-state index >= 15 is 0 Å². The van der Waals surface area contributed by atoms with Crippen LogP contribution in [-0.4, -0.2) is 9.78 Å². The van der Waals surface area contributed by atoms with E-state index in [9.17, 15) is 8.78 Å². The lowest BCUT2D eigenvalue weighted by atomic mass is 10.0. The van der Waals surface area contributed by atoms with E-state index in [-0.39, 0.29) is 6.04 Å². The Balaban J connectivity index is 2.16. The molecule has 0 aliphatic carbocycles. The van der Waals surface area contributed by atoms with Gasteiger partial charge in [-0.1, -0.05) is 6.07 Å². The minimum absolute atomic E-state index is 0.280. The number of hydrogen-bond donors (Lipinski definition) is 1. The van der Waals surface area contributed by atoms with Crippen LogP contribution >= 0.6 is 0 Å². The van der Waals surface area contributed by atoms with Crippen LogP contribution in [0.15, 0.2) is 30.5 Å². The average Bonchev–Trinajstić information content (AvgIpc) is 2.82. The molecule has 96 valence electrons. The van der Waals surface area contributed by atoms with Crippen molar-refractivity contribution in [2.24, 2.45) is 5.73 Å². The van der Waals surface area contributed by atoms with Gasteiger partial charge in [0.05, 0.1) is 11.7 Å². The summed E-state index contributed by atoms with van der Waals surface area (Å²) in [6.45, 7) is 2.70. The highest BCUT2D eigenvalue weighted by molar-refractivity contribution is 5.21. The third-order valence-electron chi connectivity index (χ3n) is 2.87. The minimum Gasteiger partial charge on any atom is -0.322 e. The Bertz CT molecular complexity index is 537. The molecule has 0 saturated carbocycles. The molecule has 0 amide bonds. The molecule has 1 aromatic carbocycles. The summed E-state index contributed by atoms with van der Waals surface area (Å²) in [5, 5.41) is 4.13. The second-order valence-corrected chi connectivity index (χ2v) is 4.13. The maximum atomic E-state index is 13.1. The molecule has 0 aliphatic rings. The zero-order chi connectivity index (χ0) is 13.1. The highest BCUT2D eigenvalue weighted by atomic mass is 19.2. The summed E-state index contributed by atoms with van der Waals surface area (Å²) in [5.41, 5.74) is 7.62. The number of benzene rings is 1. The molecule has 1 unspecified atom stereocenters. The molecule has 0 aliphatic heterocycles. The van der Waals surface area contributed by atoms with Crippen molar-refractivity contribution >= 4 is 0 Å². The highest BCUT2D eigenvalue weighted by Crippen LogP contribution is 2.17. The van der Waals surface area contributed by atoms with E-state index in [1.54, 1.807) is 16.9 Å². The summed E-state index contributed by atoms with van der Waals surface area (Å²) in [5.74, 6) is -1.69. The van der Waals surface area contributed by atoms with Gasteiger partial charge in [-0.25, -0.2) is 8.78 Å².